The normalized spacial score (nSPS) is 21.1. The number of nitrogens with one attached hydrogen (secondary N) is 1. The van der Waals surface area contributed by atoms with Crippen molar-refractivity contribution in [3.05, 3.63) is 93.5 Å². The number of hydrogen-bond donors (Lipinski definition) is 1. The molecule has 0 spiro atoms. The van der Waals surface area contributed by atoms with Crippen LogP contribution < -0.4 is 9.46 Å². The number of halogens is 3. The molecule has 0 aliphatic carbocycles. The summed E-state index contributed by atoms with van der Waals surface area (Å²) in [5.41, 5.74) is -0.966. The maximum Gasteiger partial charge on any atom is 0.322 e. The van der Waals surface area contributed by atoms with Gasteiger partial charge in [0.2, 0.25) is 10.0 Å². The van der Waals surface area contributed by atoms with Crippen LogP contribution in [-0.4, -0.2) is 36.7 Å². The van der Waals surface area contributed by atoms with Crippen molar-refractivity contribution in [3.63, 3.8) is 0 Å². The average molecular weight is 637 g/mol. The molecule has 1 aliphatic heterocycles. The molecule has 3 aromatic carbocycles. The van der Waals surface area contributed by atoms with Crippen LogP contribution in [0.5, 0.6) is 5.75 Å². The second-order valence-corrected chi connectivity index (χ2v) is 14.0. The molecule has 0 saturated carbocycles. The van der Waals surface area contributed by atoms with Gasteiger partial charge in [-0.05, 0) is 101 Å². The molecule has 4 rings (SSSR count). The van der Waals surface area contributed by atoms with Gasteiger partial charge in [0.15, 0.2) is 0 Å². The molecular weight excluding hydrogens is 605 g/mol. The predicted octanol–water partition coefficient (Wildman–Crippen LogP) is 7.72. The number of benzene rings is 3. The predicted molar refractivity (Wildman–Crippen MR) is 165 cm³/mol. The lowest BCUT2D eigenvalue weighted by Gasteiger charge is -2.44. The van der Waals surface area contributed by atoms with Gasteiger partial charge in [0, 0.05) is 21.7 Å². The number of ether oxygens (including phenoxy) is 1. The fourth-order valence-electron chi connectivity index (χ4n) is 5.14. The van der Waals surface area contributed by atoms with E-state index in [1.54, 1.807) is 58.0 Å². The van der Waals surface area contributed by atoms with Crippen LogP contribution in [0.4, 0.5) is 4.79 Å². The maximum atomic E-state index is 13.3. The van der Waals surface area contributed by atoms with E-state index in [-0.39, 0.29) is 23.1 Å². The van der Waals surface area contributed by atoms with Gasteiger partial charge in [-0.25, -0.2) is 13.1 Å². The zero-order valence-corrected chi connectivity index (χ0v) is 26.7. The molecule has 41 heavy (non-hydrogen) atoms. The first-order valence-electron chi connectivity index (χ1n) is 13.0. The Morgan fingerprint density at radius 2 is 1.49 bits per heavy atom. The molecule has 3 aromatic rings. The van der Waals surface area contributed by atoms with E-state index in [9.17, 15) is 13.2 Å². The van der Waals surface area contributed by atoms with Gasteiger partial charge in [0.1, 0.15) is 22.7 Å². The van der Waals surface area contributed by atoms with Crippen LogP contribution in [0.25, 0.3) is 0 Å². The second kappa shape index (κ2) is 11.2. The zero-order valence-electron chi connectivity index (χ0n) is 23.6. The molecule has 218 valence electrons. The Hall–Kier alpha value is -2.62. The highest BCUT2D eigenvalue weighted by Gasteiger charge is 2.59. The molecule has 0 radical (unpaired) electrons. The van der Waals surface area contributed by atoms with Crippen molar-refractivity contribution < 1.29 is 17.9 Å². The summed E-state index contributed by atoms with van der Waals surface area (Å²) < 4.78 is 34.9. The van der Waals surface area contributed by atoms with Gasteiger partial charge >= 0.3 is 5.37 Å². The standard InChI is InChI=1S/C30H32Cl3N3O4S/c1-7-40-25-18-23(41(38,39)35-28(2,3)4)16-17-24(25)26-34-29(5,19-8-12-21(31)13-9-19)30(6,36(26)27(33)37)20-10-14-22(32)15-11-20/h8-18,35H,7H2,1-6H3/t29-,30+/m0/s1. The summed E-state index contributed by atoms with van der Waals surface area (Å²) in [6.45, 7) is 11.1. The summed E-state index contributed by atoms with van der Waals surface area (Å²) in [5, 5.41) is 0.317. The van der Waals surface area contributed by atoms with E-state index in [2.05, 4.69) is 4.72 Å². The second-order valence-electron chi connectivity index (χ2n) is 11.1. The fourth-order valence-corrected chi connectivity index (χ4v) is 7.07. The number of carbonyl (C=O) groups is 1. The van der Waals surface area contributed by atoms with E-state index in [1.807, 2.05) is 38.1 Å². The van der Waals surface area contributed by atoms with E-state index in [0.29, 0.717) is 15.6 Å². The lowest BCUT2D eigenvalue weighted by molar-refractivity contribution is 0.149. The Morgan fingerprint density at radius 3 is 1.98 bits per heavy atom. The van der Waals surface area contributed by atoms with Crippen LogP contribution >= 0.6 is 34.8 Å². The van der Waals surface area contributed by atoms with Crippen molar-refractivity contribution in [1.29, 1.82) is 0 Å². The van der Waals surface area contributed by atoms with Crippen LogP contribution in [0.15, 0.2) is 76.6 Å². The molecule has 0 unspecified atom stereocenters. The number of sulfonamides is 1. The number of amides is 1. The third-order valence-corrected chi connectivity index (χ3v) is 9.60. The van der Waals surface area contributed by atoms with Gasteiger partial charge < -0.3 is 4.74 Å². The monoisotopic (exact) mass is 635 g/mol. The molecular formula is C30H32Cl3N3O4S. The van der Waals surface area contributed by atoms with Crippen LogP contribution in [0, 0.1) is 0 Å². The van der Waals surface area contributed by atoms with Crippen molar-refractivity contribution in [2.24, 2.45) is 4.99 Å². The summed E-state index contributed by atoms with van der Waals surface area (Å²) in [6, 6.07) is 18.9. The van der Waals surface area contributed by atoms with E-state index < -0.39 is 32.0 Å². The molecule has 0 saturated heterocycles. The quantitative estimate of drug-likeness (QED) is 0.212. The van der Waals surface area contributed by atoms with E-state index >= 15 is 0 Å². The average Bonchev–Trinajstić information content (AvgIpc) is 3.12. The van der Waals surface area contributed by atoms with Crippen molar-refractivity contribution in [3.8, 4) is 5.75 Å². The van der Waals surface area contributed by atoms with Crippen LogP contribution in [0.1, 0.15) is 58.2 Å². The third-order valence-electron chi connectivity index (χ3n) is 7.17. The Morgan fingerprint density at radius 1 is 0.951 bits per heavy atom. The summed E-state index contributed by atoms with van der Waals surface area (Å²) in [5.74, 6) is 0.473. The molecule has 0 bridgehead atoms. The van der Waals surface area contributed by atoms with Gasteiger partial charge in [-0.1, -0.05) is 47.5 Å². The third kappa shape index (κ3) is 5.86. The van der Waals surface area contributed by atoms with Gasteiger partial charge in [-0.2, -0.15) is 0 Å². The van der Waals surface area contributed by atoms with Crippen molar-refractivity contribution in [2.75, 3.05) is 6.61 Å². The summed E-state index contributed by atoms with van der Waals surface area (Å²) in [6.07, 6.45) is 0. The maximum absolute atomic E-state index is 13.3. The highest BCUT2D eigenvalue weighted by Crippen LogP contribution is 2.54. The summed E-state index contributed by atoms with van der Waals surface area (Å²) >= 11 is 18.8. The van der Waals surface area contributed by atoms with Gasteiger partial charge in [0.25, 0.3) is 0 Å². The highest BCUT2D eigenvalue weighted by molar-refractivity contribution is 7.89. The molecule has 1 aliphatic rings. The lowest BCUT2D eigenvalue weighted by atomic mass is 9.71. The first-order valence-corrected chi connectivity index (χ1v) is 15.6. The minimum Gasteiger partial charge on any atom is -0.493 e. The molecule has 1 heterocycles. The number of carbonyl (C=O) groups excluding carboxylic acids is 1. The smallest absolute Gasteiger partial charge is 0.322 e. The molecule has 7 nitrogen and oxygen atoms in total. The van der Waals surface area contributed by atoms with Crippen LogP contribution in [0.2, 0.25) is 10.0 Å². The summed E-state index contributed by atoms with van der Waals surface area (Å²) in [7, 11) is -3.87. The SMILES string of the molecule is CCOc1cc(S(=O)(=O)NC(C)(C)C)ccc1C1=N[C@@](C)(c2ccc(Cl)cc2)[C@@](C)(c2ccc(Cl)cc2)N1C(=O)Cl. The van der Waals surface area contributed by atoms with Gasteiger partial charge in [-0.15, -0.1) is 0 Å². The molecule has 11 heteroatoms. The largest absolute Gasteiger partial charge is 0.493 e. The molecule has 2 atom stereocenters. The minimum atomic E-state index is -3.87. The van der Waals surface area contributed by atoms with Crippen molar-refractivity contribution in [1.82, 2.24) is 9.62 Å². The molecule has 0 aromatic heterocycles. The minimum absolute atomic E-state index is 0.0166. The lowest BCUT2D eigenvalue weighted by Crippen LogP contribution is -2.53. The van der Waals surface area contributed by atoms with Gasteiger partial charge in [-0.3, -0.25) is 14.7 Å². The Kier molecular flexibility index (Phi) is 8.58. The number of nitrogens with zero attached hydrogens (tertiary/aromatic N) is 2. The zero-order chi connectivity index (χ0) is 30.4. The molecule has 1 amide bonds. The number of aliphatic imine (C=N–C) groups is 1. The Balaban J connectivity index is 2.00. The molecule has 0 fully saturated rings. The Labute approximate surface area is 256 Å². The number of amidine groups is 1. The summed E-state index contributed by atoms with van der Waals surface area (Å²) in [4.78, 5) is 19.9. The van der Waals surface area contributed by atoms with E-state index in [0.717, 1.165) is 11.1 Å². The van der Waals surface area contributed by atoms with E-state index in [1.165, 1.54) is 17.0 Å². The van der Waals surface area contributed by atoms with Crippen molar-refractivity contribution >= 4 is 56.0 Å². The number of rotatable bonds is 7. The van der Waals surface area contributed by atoms with Gasteiger partial charge in [0.05, 0.1) is 17.1 Å². The first kappa shape index (κ1) is 31.3. The highest BCUT2D eigenvalue weighted by atomic mass is 35.5. The Bertz CT molecular complexity index is 1600. The first-order chi connectivity index (χ1) is 19.0. The number of hydrogen-bond acceptors (Lipinski definition) is 5. The van der Waals surface area contributed by atoms with Crippen molar-refractivity contribution in [2.45, 2.75) is 63.1 Å². The van der Waals surface area contributed by atoms with E-state index in [4.69, 9.17) is 44.5 Å². The van der Waals surface area contributed by atoms with Crippen LogP contribution in [0.3, 0.4) is 0 Å². The molecule has 1 N–H and O–H groups in total. The fraction of sp³-hybridized carbons (Fsp3) is 0.333. The van der Waals surface area contributed by atoms with Crippen LogP contribution in [-0.2, 0) is 21.1 Å². The topological polar surface area (TPSA) is 88.1 Å².